The van der Waals surface area contributed by atoms with Crippen molar-refractivity contribution in [2.45, 2.75) is 32.6 Å². The highest BCUT2D eigenvalue weighted by atomic mass is 35.5. The van der Waals surface area contributed by atoms with Gasteiger partial charge in [0.1, 0.15) is 5.75 Å². The van der Waals surface area contributed by atoms with E-state index >= 15 is 0 Å². The van der Waals surface area contributed by atoms with Crippen LogP contribution in [0.15, 0.2) is 12.1 Å². The Labute approximate surface area is 106 Å². The largest absolute Gasteiger partial charge is 0.495 e. The normalized spacial score (nSPS) is 11.4. The molecule has 1 aromatic rings. The first-order chi connectivity index (χ1) is 7.75. The Bertz CT molecular complexity index is 433. The molecule has 0 spiro atoms. The van der Waals surface area contributed by atoms with Gasteiger partial charge in [-0.2, -0.15) is 0 Å². The van der Waals surface area contributed by atoms with Crippen molar-refractivity contribution in [1.29, 1.82) is 0 Å². The number of hydrogen-bond donors (Lipinski definition) is 1. The highest BCUT2D eigenvalue weighted by molar-refractivity contribution is 6.32. The lowest BCUT2D eigenvalue weighted by Crippen LogP contribution is -2.13. The standard InChI is InChI=1S/C13H17ClO3/c1-13(2,3)9-5-8(6-11(15)16)12(17-4)10(14)7-9/h5,7H,6H2,1-4H3,(H,15,16). The monoisotopic (exact) mass is 256 g/mol. The van der Waals surface area contributed by atoms with Crippen LogP contribution in [0, 0.1) is 0 Å². The molecular formula is C13H17ClO3. The van der Waals surface area contributed by atoms with Crippen LogP contribution in [-0.4, -0.2) is 18.2 Å². The average Bonchev–Trinajstić information content (AvgIpc) is 2.14. The van der Waals surface area contributed by atoms with Crippen molar-refractivity contribution >= 4 is 17.6 Å². The third-order valence-electron chi connectivity index (χ3n) is 2.53. The summed E-state index contributed by atoms with van der Waals surface area (Å²) < 4.78 is 5.15. The van der Waals surface area contributed by atoms with Gasteiger partial charge in [0.15, 0.2) is 0 Å². The number of carboxylic acids is 1. The van der Waals surface area contributed by atoms with Crippen molar-refractivity contribution in [3.05, 3.63) is 28.3 Å². The summed E-state index contributed by atoms with van der Waals surface area (Å²) in [6.45, 7) is 6.15. The molecule has 0 aliphatic heterocycles. The quantitative estimate of drug-likeness (QED) is 0.903. The number of hydrogen-bond acceptors (Lipinski definition) is 2. The molecule has 17 heavy (non-hydrogen) atoms. The zero-order chi connectivity index (χ0) is 13.2. The van der Waals surface area contributed by atoms with E-state index in [1.165, 1.54) is 7.11 Å². The molecular weight excluding hydrogens is 240 g/mol. The predicted octanol–water partition coefficient (Wildman–Crippen LogP) is 3.27. The first-order valence-electron chi connectivity index (χ1n) is 5.34. The maximum Gasteiger partial charge on any atom is 0.307 e. The van der Waals surface area contributed by atoms with Crippen LogP contribution in [0.3, 0.4) is 0 Å². The van der Waals surface area contributed by atoms with Crippen LogP contribution in [0.1, 0.15) is 31.9 Å². The first-order valence-corrected chi connectivity index (χ1v) is 5.72. The van der Waals surface area contributed by atoms with Gasteiger partial charge in [-0.3, -0.25) is 4.79 Å². The van der Waals surface area contributed by atoms with E-state index < -0.39 is 5.97 Å². The maximum absolute atomic E-state index is 10.8. The summed E-state index contributed by atoms with van der Waals surface area (Å²) in [6, 6.07) is 3.67. The smallest absolute Gasteiger partial charge is 0.307 e. The molecule has 3 nitrogen and oxygen atoms in total. The molecule has 0 aliphatic rings. The lowest BCUT2D eigenvalue weighted by molar-refractivity contribution is -0.136. The minimum Gasteiger partial charge on any atom is -0.495 e. The molecule has 0 heterocycles. The molecule has 0 unspecified atom stereocenters. The fourth-order valence-corrected chi connectivity index (χ4v) is 1.92. The number of benzene rings is 1. The molecule has 0 radical (unpaired) electrons. The highest BCUT2D eigenvalue weighted by Crippen LogP contribution is 2.35. The van der Waals surface area contributed by atoms with Gasteiger partial charge in [-0.1, -0.05) is 38.4 Å². The summed E-state index contributed by atoms with van der Waals surface area (Å²) in [4.78, 5) is 10.8. The molecule has 0 saturated heterocycles. The average molecular weight is 257 g/mol. The van der Waals surface area contributed by atoms with Crippen molar-refractivity contribution in [3.63, 3.8) is 0 Å². The van der Waals surface area contributed by atoms with E-state index in [1.54, 1.807) is 0 Å². The number of carbonyl (C=O) groups is 1. The fraction of sp³-hybridized carbons (Fsp3) is 0.462. The van der Waals surface area contributed by atoms with Crippen LogP contribution in [0.5, 0.6) is 5.75 Å². The maximum atomic E-state index is 10.8. The first kappa shape index (κ1) is 13.8. The second-order valence-corrected chi connectivity index (χ2v) is 5.38. The molecule has 1 aromatic carbocycles. The van der Waals surface area contributed by atoms with Crippen LogP contribution in [0.4, 0.5) is 0 Å². The number of methoxy groups -OCH3 is 1. The Morgan fingerprint density at radius 1 is 1.41 bits per heavy atom. The van der Waals surface area contributed by atoms with Crippen LogP contribution in [-0.2, 0) is 16.6 Å². The molecule has 0 fully saturated rings. The molecule has 0 amide bonds. The third kappa shape index (κ3) is 3.37. The van der Waals surface area contributed by atoms with Crippen LogP contribution in [0.2, 0.25) is 5.02 Å². The Morgan fingerprint density at radius 3 is 2.41 bits per heavy atom. The summed E-state index contributed by atoms with van der Waals surface area (Å²) in [7, 11) is 1.49. The second kappa shape index (κ2) is 4.96. The molecule has 94 valence electrons. The van der Waals surface area contributed by atoms with Crippen LogP contribution >= 0.6 is 11.6 Å². The van der Waals surface area contributed by atoms with Crippen molar-refractivity contribution in [2.24, 2.45) is 0 Å². The molecule has 1 N–H and O–H groups in total. The molecule has 0 aromatic heterocycles. The van der Waals surface area contributed by atoms with Crippen LogP contribution < -0.4 is 4.74 Å². The Hall–Kier alpha value is -1.22. The number of halogens is 1. The minimum absolute atomic E-state index is 0.0802. The SMILES string of the molecule is COc1c(Cl)cc(C(C)(C)C)cc1CC(=O)O. The summed E-state index contributed by atoms with van der Waals surface area (Å²) in [5, 5.41) is 9.33. The number of ether oxygens (including phenoxy) is 1. The Kier molecular flexibility index (Phi) is 4.04. The van der Waals surface area contributed by atoms with E-state index in [-0.39, 0.29) is 11.8 Å². The second-order valence-electron chi connectivity index (χ2n) is 4.97. The minimum atomic E-state index is -0.898. The van der Waals surface area contributed by atoms with Gasteiger partial charge in [-0.05, 0) is 17.0 Å². The van der Waals surface area contributed by atoms with Gasteiger partial charge in [0, 0.05) is 5.56 Å². The van der Waals surface area contributed by atoms with Crippen molar-refractivity contribution in [1.82, 2.24) is 0 Å². The van der Waals surface area contributed by atoms with E-state index in [4.69, 9.17) is 21.4 Å². The van der Waals surface area contributed by atoms with Gasteiger partial charge in [0.2, 0.25) is 0 Å². The predicted molar refractivity (Wildman–Crippen MR) is 68.0 cm³/mol. The van der Waals surface area contributed by atoms with Gasteiger partial charge in [-0.15, -0.1) is 0 Å². The van der Waals surface area contributed by atoms with E-state index in [0.29, 0.717) is 16.3 Å². The van der Waals surface area contributed by atoms with Crippen molar-refractivity contribution in [3.8, 4) is 5.75 Å². The number of aliphatic carboxylic acids is 1. The van der Waals surface area contributed by atoms with E-state index in [2.05, 4.69) is 20.8 Å². The van der Waals surface area contributed by atoms with Gasteiger partial charge < -0.3 is 9.84 Å². The molecule has 0 saturated carbocycles. The van der Waals surface area contributed by atoms with Crippen molar-refractivity contribution in [2.75, 3.05) is 7.11 Å². The van der Waals surface area contributed by atoms with Gasteiger partial charge in [0.25, 0.3) is 0 Å². The highest BCUT2D eigenvalue weighted by Gasteiger charge is 2.19. The molecule has 1 rings (SSSR count). The van der Waals surface area contributed by atoms with E-state index in [0.717, 1.165) is 5.56 Å². The number of carboxylic acid groups (broad SMARTS) is 1. The number of rotatable bonds is 3. The topological polar surface area (TPSA) is 46.5 Å². The summed E-state index contributed by atoms with van der Waals surface area (Å²) in [6.07, 6.45) is -0.0905. The third-order valence-corrected chi connectivity index (χ3v) is 2.81. The zero-order valence-corrected chi connectivity index (χ0v) is 11.3. The fourth-order valence-electron chi connectivity index (χ4n) is 1.61. The van der Waals surface area contributed by atoms with Crippen LogP contribution in [0.25, 0.3) is 0 Å². The Balaban J connectivity index is 3.33. The van der Waals surface area contributed by atoms with Gasteiger partial charge in [-0.25, -0.2) is 0 Å². The van der Waals surface area contributed by atoms with E-state index in [1.807, 2.05) is 12.1 Å². The summed E-state index contributed by atoms with van der Waals surface area (Å²) in [5.74, 6) is -0.451. The molecule has 0 atom stereocenters. The molecule has 0 bridgehead atoms. The zero-order valence-electron chi connectivity index (χ0n) is 10.5. The van der Waals surface area contributed by atoms with E-state index in [9.17, 15) is 4.79 Å². The summed E-state index contributed by atoms with van der Waals surface area (Å²) in [5.41, 5.74) is 1.53. The molecule has 4 heteroatoms. The van der Waals surface area contributed by atoms with Gasteiger partial charge in [0.05, 0.1) is 18.6 Å². The lowest BCUT2D eigenvalue weighted by atomic mass is 9.85. The van der Waals surface area contributed by atoms with Crippen molar-refractivity contribution < 1.29 is 14.6 Å². The summed E-state index contributed by atoms with van der Waals surface area (Å²) >= 11 is 6.11. The molecule has 0 aliphatic carbocycles. The lowest BCUT2D eigenvalue weighted by Gasteiger charge is -2.21. The Morgan fingerprint density at radius 2 is 2.00 bits per heavy atom. The van der Waals surface area contributed by atoms with Gasteiger partial charge >= 0.3 is 5.97 Å².